The van der Waals surface area contributed by atoms with Crippen molar-refractivity contribution >= 4 is 5.97 Å². The van der Waals surface area contributed by atoms with Crippen LogP contribution in [0.5, 0.6) is 0 Å². The highest BCUT2D eigenvalue weighted by Gasteiger charge is 2.21. The molecule has 0 aromatic carbocycles. The lowest BCUT2D eigenvalue weighted by Crippen LogP contribution is -2.08. The van der Waals surface area contributed by atoms with Crippen LogP contribution in [0.3, 0.4) is 0 Å². The third-order valence-electron chi connectivity index (χ3n) is 2.78. The van der Waals surface area contributed by atoms with Crippen LogP contribution in [0, 0.1) is 0 Å². The van der Waals surface area contributed by atoms with Crippen LogP contribution >= 0.6 is 0 Å². The summed E-state index contributed by atoms with van der Waals surface area (Å²) in [5.74, 6) is -0.144. The zero-order valence-electron chi connectivity index (χ0n) is 7.99. The van der Waals surface area contributed by atoms with Crippen LogP contribution in [-0.4, -0.2) is 21.3 Å². The number of carbonyl (C=O) groups is 1. The molecule has 0 unspecified atom stereocenters. The molecule has 0 spiro atoms. The van der Waals surface area contributed by atoms with E-state index < -0.39 is 5.97 Å². The molecule has 1 aliphatic rings. The lowest BCUT2D eigenvalue weighted by molar-refractivity contribution is -0.136. The molecule has 1 heterocycles. The molecule has 2 N–H and O–H groups in total. The van der Waals surface area contributed by atoms with E-state index in [4.69, 9.17) is 5.11 Å². The lowest BCUT2D eigenvalue weighted by atomic mass is 9.83. The largest absolute Gasteiger partial charge is 0.481 e. The number of carboxylic acid groups (broad SMARTS) is 1. The van der Waals surface area contributed by atoms with E-state index in [1.54, 1.807) is 0 Å². The van der Waals surface area contributed by atoms with Gasteiger partial charge < -0.3 is 5.11 Å². The first-order chi connectivity index (χ1) is 6.75. The van der Waals surface area contributed by atoms with E-state index in [0.29, 0.717) is 12.3 Å². The molecule has 0 atom stereocenters. The molecule has 1 aromatic heterocycles. The van der Waals surface area contributed by atoms with Crippen LogP contribution in [0.4, 0.5) is 0 Å². The second-order valence-electron chi connectivity index (χ2n) is 3.84. The van der Waals surface area contributed by atoms with Crippen molar-refractivity contribution in [1.82, 2.24) is 10.2 Å². The summed E-state index contributed by atoms with van der Waals surface area (Å²) in [7, 11) is 0. The van der Waals surface area contributed by atoms with E-state index in [9.17, 15) is 4.79 Å². The zero-order valence-corrected chi connectivity index (χ0v) is 7.99. The number of nitrogens with zero attached hydrogens (tertiary/aromatic N) is 1. The Bertz CT molecular complexity index is 329. The Labute approximate surface area is 82.3 Å². The van der Waals surface area contributed by atoms with Crippen molar-refractivity contribution in [3.8, 4) is 0 Å². The van der Waals surface area contributed by atoms with Crippen molar-refractivity contribution in [2.24, 2.45) is 0 Å². The monoisotopic (exact) mass is 194 g/mol. The quantitative estimate of drug-likeness (QED) is 0.766. The van der Waals surface area contributed by atoms with Crippen molar-refractivity contribution in [3.63, 3.8) is 0 Å². The molecule has 76 valence electrons. The summed E-state index contributed by atoms with van der Waals surface area (Å²) in [6.45, 7) is 0. The van der Waals surface area contributed by atoms with Crippen molar-refractivity contribution in [2.75, 3.05) is 0 Å². The van der Waals surface area contributed by atoms with Crippen LogP contribution in [0.2, 0.25) is 0 Å². The number of H-pyrrole nitrogens is 1. The number of rotatable bonds is 4. The fraction of sp³-hybridized carbons (Fsp3) is 0.600. The number of carboxylic acids is 1. The summed E-state index contributed by atoms with van der Waals surface area (Å²) in [6, 6.07) is 2.01. The maximum atomic E-state index is 10.3. The van der Waals surface area contributed by atoms with Gasteiger partial charge in [-0.3, -0.25) is 9.89 Å². The molecule has 0 bridgehead atoms. The van der Waals surface area contributed by atoms with Crippen molar-refractivity contribution in [2.45, 2.75) is 38.0 Å². The van der Waals surface area contributed by atoms with Gasteiger partial charge in [0.05, 0.1) is 12.1 Å². The molecule has 1 fully saturated rings. The van der Waals surface area contributed by atoms with Crippen LogP contribution < -0.4 is 0 Å². The van der Waals surface area contributed by atoms with Gasteiger partial charge in [0, 0.05) is 11.6 Å². The molecule has 2 rings (SSSR count). The molecular formula is C10H14N2O2. The van der Waals surface area contributed by atoms with Crippen molar-refractivity contribution in [1.29, 1.82) is 0 Å². The van der Waals surface area contributed by atoms with E-state index in [2.05, 4.69) is 10.2 Å². The van der Waals surface area contributed by atoms with Crippen LogP contribution in [0.1, 0.15) is 43.0 Å². The van der Waals surface area contributed by atoms with Gasteiger partial charge in [0.2, 0.25) is 0 Å². The molecule has 0 radical (unpaired) electrons. The number of aliphatic carboxylic acids is 1. The molecule has 0 amide bonds. The molecule has 1 aliphatic carbocycles. The van der Waals surface area contributed by atoms with Gasteiger partial charge in [0.1, 0.15) is 0 Å². The highest BCUT2D eigenvalue weighted by molar-refractivity contribution is 5.66. The van der Waals surface area contributed by atoms with Crippen molar-refractivity contribution in [3.05, 3.63) is 17.5 Å². The smallest absolute Gasteiger partial charge is 0.303 e. The maximum Gasteiger partial charge on any atom is 0.303 e. The third-order valence-corrected chi connectivity index (χ3v) is 2.78. The van der Waals surface area contributed by atoms with Crippen LogP contribution in [-0.2, 0) is 11.2 Å². The van der Waals surface area contributed by atoms with E-state index in [1.807, 2.05) is 6.07 Å². The van der Waals surface area contributed by atoms with E-state index in [-0.39, 0.29) is 6.42 Å². The number of hydrogen-bond donors (Lipinski definition) is 2. The number of aromatic nitrogens is 2. The second kappa shape index (κ2) is 3.82. The summed E-state index contributed by atoms with van der Waals surface area (Å²) in [4.78, 5) is 10.3. The fourth-order valence-corrected chi connectivity index (χ4v) is 1.66. The zero-order chi connectivity index (χ0) is 9.97. The lowest BCUT2D eigenvalue weighted by Gasteiger charge is -2.22. The Morgan fingerprint density at radius 3 is 3.00 bits per heavy atom. The van der Waals surface area contributed by atoms with Gasteiger partial charge in [-0.2, -0.15) is 5.10 Å². The Balaban J connectivity index is 1.92. The SMILES string of the molecule is O=C(O)CCc1cc(C2CCC2)n[nH]1. The molecule has 14 heavy (non-hydrogen) atoms. The minimum atomic E-state index is -0.759. The minimum absolute atomic E-state index is 0.173. The Kier molecular flexibility index (Phi) is 2.52. The molecule has 0 saturated heterocycles. The molecule has 1 saturated carbocycles. The normalized spacial score (nSPS) is 16.6. The Morgan fingerprint density at radius 2 is 2.43 bits per heavy atom. The highest BCUT2D eigenvalue weighted by Crippen LogP contribution is 2.35. The first-order valence-corrected chi connectivity index (χ1v) is 5.01. The first-order valence-electron chi connectivity index (χ1n) is 5.01. The summed E-state index contributed by atoms with van der Waals surface area (Å²) < 4.78 is 0. The fourth-order valence-electron chi connectivity index (χ4n) is 1.66. The first kappa shape index (κ1) is 9.24. The van der Waals surface area contributed by atoms with Gasteiger partial charge in [-0.05, 0) is 25.3 Å². The number of hydrogen-bond acceptors (Lipinski definition) is 2. The van der Waals surface area contributed by atoms with Gasteiger partial charge in [-0.15, -0.1) is 0 Å². The molecular weight excluding hydrogens is 180 g/mol. The minimum Gasteiger partial charge on any atom is -0.481 e. The molecule has 4 nitrogen and oxygen atoms in total. The van der Waals surface area contributed by atoms with E-state index >= 15 is 0 Å². The summed E-state index contributed by atoms with van der Waals surface area (Å²) in [5, 5.41) is 15.6. The number of aryl methyl sites for hydroxylation is 1. The molecule has 1 aromatic rings. The van der Waals surface area contributed by atoms with Gasteiger partial charge >= 0.3 is 5.97 Å². The maximum absolute atomic E-state index is 10.3. The van der Waals surface area contributed by atoms with Gasteiger partial charge in [0.25, 0.3) is 0 Å². The second-order valence-corrected chi connectivity index (χ2v) is 3.84. The average molecular weight is 194 g/mol. The summed E-state index contributed by atoms with van der Waals surface area (Å²) in [6.07, 6.45) is 4.47. The Hall–Kier alpha value is -1.32. The predicted octanol–water partition coefficient (Wildman–Crippen LogP) is 1.69. The summed E-state index contributed by atoms with van der Waals surface area (Å²) >= 11 is 0. The number of nitrogens with one attached hydrogen (secondary N) is 1. The average Bonchev–Trinajstić information content (AvgIpc) is 2.46. The van der Waals surface area contributed by atoms with Crippen LogP contribution in [0.15, 0.2) is 6.07 Å². The standard InChI is InChI=1S/C10H14N2O2/c13-10(14)5-4-8-6-9(12-11-8)7-2-1-3-7/h6-7H,1-5H2,(H,11,12)(H,13,14). The van der Waals surface area contributed by atoms with Gasteiger partial charge in [-0.25, -0.2) is 0 Å². The molecule has 0 aliphatic heterocycles. The third kappa shape index (κ3) is 1.95. The molecule has 4 heteroatoms. The topological polar surface area (TPSA) is 66.0 Å². The van der Waals surface area contributed by atoms with Gasteiger partial charge in [0.15, 0.2) is 0 Å². The van der Waals surface area contributed by atoms with Crippen molar-refractivity contribution < 1.29 is 9.90 Å². The highest BCUT2D eigenvalue weighted by atomic mass is 16.4. The van der Waals surface area contributed by atoms with Gasteiger partial charge in [-0.1, -0.05) is 6.42 Å². The number of aromatic amines is 1. The van der Waals surface area contributed by atoms with E-state index in [0.717, 1.165) is 11.4 Å². The predicted molar refractivity (Wildman–Crippen MR) is 51.1 cm³/mol. The Morgan fingerprint density at radius 1 is 1.64 bits per heavy atom. The summed E-state index contributed by atoms with van der Waals surface area (Å²) in [5.41, 5.74) is 2.05. The van der Waals surface area contributed by atoms with Crippen LogP contribution in [0.25, 0.3) is 0 Å². The van der Waals surface area contributed by atoms with E-state index in [1.165, 1.54) is 19.3 Å².